The van der Waals surface area contributed by atoms with Gasteiger partial charge in [-0.3, -0.25) is 4.79 Å². The molecule has 0 radical (unpaired) electrons. The monoisotopic (exact) mass is 458 g/mol. The van der Waals surface area contributed by atoms with E-state index in [1.807, 2.05) is 0 Å². The van der Waals surface area contributed by atoms with E-state index in [9.17, 15) is 4.79 Å². The maximum Gasteiger partial charge on any atom is 0.302 e. The van der Waals surface area contributed by atoms with E-state index in [1.54, 1.807) is 6.92 Å². The van der Waals surface area contributed by atoms with E-state index >= 15 is 0 Å². The maximum atomic E-state index is 11.7. The van der Waals surface area contributed by atoms with Gasteiger partial charge in [0, 0.05) is 19.3 Å². The Labute approximate surface area is 200 Å². The van der Waals surface area contributed by atoms with Gasteiger partial charge in [-0.05, 0) is 104 Å². The van der Waals surface area contributed by atoms with Crippen LogP contribution in [0, 0.1) is 52.3 Å². The summed E-state index contributed by atoms with van der Waals surface area (Å²) in [6.07, 6.45) is 12.9. The normalized spacial score (nSPS) is 57.7. The molecule has 4 nitrogen and oxygen atoms in total. The summed E-state index contributed by atoms with van der Waals surface area (Å²) in [7, 11) is 0. The van der Waals surface area contributed by atoms with Gasteiger partial charge in [-0.2, -0.15) is 0 Å². The predicted molar refractivity (Wildman–Crippen MR) is 127 cm³/mol. The van der Waals surface area contributed by atoms with Crippen molar-refractivity contribution in [2.45, 2.75) is 117 Å². The molecule has 4 aliphatic carbocycles. The molecule has 6 rings (SSSR count). The summed E-state index contributed by atoms with van der Waals surface area (Å²) in [6, 6.07) is 0. The Hall–Kier alpha value is -0.610. The van der Waals surface area contributed by atoms with Crippen molar-refractivity contribution in [2.24, 2.45) is 52.3 Å². The quantitative estimate of drug-likeness (QED) is 0.429. The average molecular weight is 459 g/mol. The Balaban J connectivity index is 1.24. The van der Waals surface area contributed by atoms with E-state index in [0.717, 1.165) is 49.5 Å². The highest BCUT2D eigenvalue weighted by molar-refractivity contribution is 5.66. The maximum absolute atomic E-state index is 11.7. The first kappa shape index (κ1) is 22.8. The van der Waals surface area contributed by atoms with Crippen molar-refractivity contribution in [3.63, 3.8) is 0 Å². The van der Waals surface area contributed by atoms with E-state index in [4.69, 9.17) is 14.2 Å². The van der Waals surface area contributed by atoms with Crippen LogP contribution in [0.3, 0.4) is 0 Å². The Kier molecular flexibility index (Phi) is 5.32. The Bertz CT molecular complexity index is 786. The first-order valence-corrected chi connectivity index (χ1v) is 14.2. The predicted octanol–water partition coefficient (Wildman–Crippen LogP) is 6.36. The summed E-state index contributed by atoms with van der Waals surface area (Å²) in [5, 5.41) is 0. The Morgan fingerprint density at radius 1 is 0.939 bits per heavy atom. The van der Waals surface area contributed by atoms with Crippen LogP contribution >= 0.6 is 0 Å². The molecular weight excluding hydrogens is 412 g/mol. The van der Waals surface area contributed by atoms with Gasteiger partial charge < -0.3 is 14.2 Å². The molecular formula is C29H46O4. The van der Waals surface area contributed by atoms with E-state index < -0.39 is 0 Å². The lowest BCUT2D eigenvalue weighted by Crippen LogP contribution is -2.55. The van der Waals surface area contributed by atoms with Gasteiger partial charge in [0.2, 0.25) is 0 Å². The molecule has 0 amide bonds. The minimum atomic E-state index is -0.309. The second kappa shape index (κ2) is 7.69. The van der Waals surface area contributed by atoms with Crippen molar-refractivity contribution in [3.8, 4) is 0 Å². The topological polar surface area (TPSA) is 44.8 Å². The van der Waals surface area contributed by atoms with Crippen molar-refractivity contribution in [3.05, 3.63) is 0 Å². The van der Waals surface area contributed by atoms with Gasteiger partial charge in [0.05, 0.1) is 12.7 Å². The second-order valence-corrected chi connectivity index (χ2v) is 13.7. The molecule has 0 N–H and O–H groups in total. The fraction of sp³-hybridized carbons (Fsp3) is 0.966. The van der Waals surface area contributed by atoms with Crippen molar-refractivity contribution in [2.75, 3.05) is 6.61 Å². The molecule has 2 aliphatic heterocycles. The van der Waals surface area contributed by atoms with E-state index in [1.165, 1.54) is 44.9 Å². The van der Waals surface area contributed by atoms with Crippen molar-refractivity contribution in [1.82, 2.24) is 0 Å². The molecule has 186 valence electrons. The summed E-state index contributed by atoms with van der Waals surface area (Å²) < 4.78 is 19.2. The lowest BCUT2D eigenvalue weighted by atomic mass is 9.44. The first-order valence-electron chi connectivity index (χ1n) is 14.2. The number of fused-ring (bicyclic) bond motifs is 7. The number of carbonyl (C=O) groups is 1. The fourth-order valence-corrected chi connectivity index (χ4v) is 10.7. The zero-order valence-corrected chi connectivity index (χ0v) is 21.6. The van der Waals surface area contributed by atoms with E-state index in [-0.39, 0.29) is 17.9 Å². The van der Waals surface area contributed by atoms with E-state index in [0.29, 0.717) is 34.7 Å². The number of ether oxygens (including phenoxy) is 3. The molecule has 0 bridgehead atoms. The average Bonchev–Trinajstić information content (AvgIpc) is 3.20. The first-order chi connectivity index (χ1) is 15.7. The lowest BCUT2D eigenvalue weighted by molar-refractivity contribution is -0.273. The van der Waals surface area contributed by atoms with Gasteiger partial charge >= 0.3 is 5.97 Å². The number of hydrogen-bond donors (Lipinski definition) is 0. The van der Waals surface area contributed by atoms with Crippen LogP contribution < -0.4 is 0 Å². The van der Waals surface area contributed by atoms with Crippen LogP contribution in [0.25, 0.3) is 0 Å². The van der Waals surface area contributed by atoms with Crippen LogP contribution in [0.5, 0.6) is 0 Å². The SMILES string of the molecule is CC(=O)OC1CCC2CC[C@H]3[C@@H]4C[C@@H]5O[C@]6(CC[C@@H](C)CO6)[C@@H](C)[C@@H]5[C@@]4(C)CC[C@@H]3[C@@]2(C)C1. The zero-order chi connectivity index (χ0) is 23.2. The highest BCUT2D eigenvalue weighted by Gasteiger charge is 2.69. The van der Waals surface area contributed by atoms with Crippen LogP contribution in [-0.2, 0) is 19.0 Å². The van der Waals surface area contributed by atoms with Gasteiger partial charge in [0.25, 0.3) is 0 Å². The summed E-state index contributed by atoms with van der Waals surface area (Å²) in [4.78, 5) is 11.7. The van der Waals surface area contributed by atoms with Crippen LogP contribution in [0.4, 0.5) is 0 Å². The number of esters is 1. The minimum Gasteiger partial charge on any atom is -0.463 e. The van der Waals surface area contributed by atoms with E-state index in [2.05, 4.69) is 27.7 Å². The smallest absolute Gasteiger partial charge is 0.302 e. The minimum absolute atomic E-state index is 0.103. The summed E-state index contributed by atoms with van der Waals surface area (Å²) in [5.74, 6) is 4.57. The molecule has 2 heterocycles. The fourth-order valence-electron chi connectivity index (χ4n) is 10.7. The number of hydrogen-bond acceptors (Lipinski definition) is 4. The molecule has 4 saturated carbocycles. The molecule has 1 spiro atoms. The van der Waals surface area contributed by atoms with Crippen molar-refractivity contribution in [1.29, 1.82) is 0 Å². The Morgan fingerprint density at radius 2 is 1.73 bits per heavy atom. The molecule has 2 unspecified atom stereocenters. The van der Waals surface area contributed by atoms with Crippen molar-refractivity contribution < 1.29 is 19.0 Å². The third-order valence-electron chi connectivity index (χ3n) is 12.2. The van der Waals surface area contributed by atoms with Crippen LogP contribution in [0.15, 0.2) is 0 Å². The molecule has 0 aromatic rings. The van der Waals surface area contributed by atoms with Gasteiger partial charge in [-0.25, -0.2) is 0 Å². The number of rotatable bonds is 1. The third kappa shape index (κ3) is 3.25. The molecule has 6 fully saturated rings. The standard InChI is InChI=1S/C29H46O4/c1-17-10-13-29(31-16-17)18(2)26-25(33-29)14-24-22-9-7-20-6-8-21(32-19(3)30)15-28(20,5)23(22)11-12-27(24,26)4/h17-18,20-26H,6-16H2,1-5H3/t17-,18+,20?,21?,22-,23+,24+,25+,26+,27+,28+,29-/m1/s1. The molecule has 4 heteroatoms. The third-order valence-corrected chi connectivity index (χ3v) is 12.2. The van der Waals surface area contributed by atoms with Crippen LogP contribution in [0.2, 0.25) is 0 Å². The molecule has 0 aromatic heterocycles. The molecule has 12 atom stereocenters. The molecule has 2 saturated heterocycles. The van der Waals surface area contributed by atoms with Gasteiger partial charge in [0.15, 0.2) is 5.79 Å². The largest absolute Gasteiger partial charge is 0.463 e. The van der Waals surface area contributed by atoms with Gasteiger partial charge in [0.1, 0.15) is 6.10 Å². The van der Waals surface area contributed by atoms with Gasteiger partial charge in [-0.15, -0.1) is 0 Å². The lowest BCUT2D eigenvalue weighted by Gasteiger charge is -2.61. The Morgan fingerprint density at radius 3 is 2.45 bits per heavy atom. The second-order valence-electron chi connectivity index (χ2n) is 13.7. The molecule has 0 aromatic carbocycles. The summed E-state index contributed by atoms with van der Waals surface area (Å²) in [6.45, 7) is 12.4. The molecule has 6 aliphatic rings. The highest BCUT2D eigenvalue weighted by Crippen LogP contribution is 2.71. The molecule has 33 heavy (non-hydrogen) atoms. The van der Waals surface area contributed by atoms with Gasteiger partial charge in [-0.1, -0.05) is 27.7 Å². The van der Waals surface area contributed by atoms with Crippen molar-refractivity contribution >= 4 is 5.97 Å². The summed E-state index contributed by atoms with van der Waals surface area (Å²) in [5.41, 5.74) is 0.713. The van der Waals surface area contributed by atoms with Crippen LogP contribution in [0.1, 0.15) is 98.8 Å². The highest BCUT2D eigenvalue weighted by atomic mass is 16.7. The number of carbonyl (C=O) groups excluding carboxylic acids is 1. The van der Waals surface area contributed by atoms with Crippen LogP contribution in [-0.4, -0.2) is 30.6 Å². The summed E-state index contributed by atoms with van der Waals surface area (Å²) >= 11 is 0. The zero-order valence-electron chi connectivity index (χ0n) is 21.6.